The molecule has 0 bridgehead atoms. The van der Waals surface area contributed by atoms with Gasteiger partial charge in [0.25, 0.3) is 0 Å². The molecule has 1 heterocycles. The largest absolute Gasteiger partial charge is 0.391 e. The molecule has 1 aliphatic rings. The van der Waals surface area contributed by atoms with Gasteiger partial charge in [-0.1, -0.05) is 12.1 Å². The third-order valence-electron chi connectivity index (χ3n) is 3.95. The second kappa shape index (κ2) is 5.29. The summed E-state index contributed by atoms with van der Waals surface area (Å²) in [6.45, 7) is 4.35. The van der Waals surface area contributed by atoms with Crippen molar-refractivity contribution < 1.29 is 14.3 Å². The number of aryl methyl sites for hydroxylation is 1. The summed E-state index contributed by atoms with van der Waals surface area (Å²) < 4.78 is 13.0. The van der Waals surface area contributed by atoms with Crippen molar-refractivity contribution >= 4 is 5.91 Å². The van der Waals surface area contributed by atoms with Gasteiger partial charge < -0.3 is 10.0 Å². The average Bonchev–Trinajstić information content (AvgIpc) is 2.61. The fourth-order valence-electron chi connectivity index (χ4n) is 2.60. The van der Waals surface area contributed by atoms with Crippen molar-refractivity contribution in [3.05, 3.63) is 35.6 Å². The number of carbonyl (C=O) groups is 1. The van der Waals surface area contributed by atoms with Crippen molar-refractivity contribution in [2.75, 3.05) is 6.54 Å². The zero-order chi connectivity index (χ0) is 14.0. The summed E-state index contributed by atoms with van der Waals surface area (Å²) in [7, 11) is 0. The summed E-state index contributed by atoms with van der Waals surface area (Å²) in [5, 5.41) is 9.85. The van der Waals surface area contributed by atoms with Gasteiger partial charge in [-0.3, -0.25) is 4.79 Å². The molecule has 0 spiro atoms. The summed E-state index contributed by atoms with van der Waals surface area (Å²) >= 11 is 0. The van der Waals surface area contributed by atoms with Crippen molar-refractivity contribution in [2.45, 2.75) is 44.8 Å². The minimum atomic E-state index is -0.501. The molecule has 1 N–H and O–H groups in total. The lowest BCUT2D eigenvalue weighted by Crippen LogP contribution is -2.48. The number of hydrogen-bond donors (Lipinski definition) is 1. The first-order valence-electron chi connectivity index (χ1n) is 6.64. The Kier molecular flexibility index (Phi) is 3.90. The van der Waals surface area contributed by atoms with E-state index in [0.717, 1.165) is 5.56 Å². The second-order valence-corrected chi connectivity index (χ2v) is 5.63. The highest BCUT2D eigenvalue weighted by Crippen LogP contribution is 2.29. The van der Waals surface area contributed by atoms with E-state index >= 15 is 0 Å². The first-order chi connectivity index (χ1) is 8.91. The molecule has 1 fully saturated rings. The van der Waals surface area contributed by atoms with Gasteiger partial charge in [-0.05, 0) is 44.4 Å². The van der Waals surface area contributed by atoms with Gasteiger partial charge in [0.05, 0.1) is 11.6 Å². The number of nitrogens with zero attached hydrogens (tertiary/aromatic N) is 1. The molecular formula is C15H20FNO2. The molecule has 0 saturated carbocycles. The predicted octanol–water partition coefficient (Wildman–Crippen LogP) is 2.13. The average molecular weight is 265 g/mol. The Morgan fingerprint density at radius 1 is 1.53 bits per heavy atom. The molecule has 1 amide bonds. The summed E-state index contributed by atoms with van der Waals surface area (Å²) in [6.07, 6.45) is 1.03. The van der Waals surface area contributed by atoms with Crippen molar-refractivity contribution in [3.8, 4) is 0 Å². The van der Waals surface area contributed by atoms with E-state index in [0.29, 0.717) is 25.8 Å². The quantitative estimate of drug-likeness (QED) is 0.909. The summed E-state index contributed by atoms with van der Waals surface area (Å²) in [5.74, 6) is -0.257. The van der Waals surface area contributed by atoms with Crippen LogP contribution < -0.4 is 0 Å². The Morgan fingerprint density at radius 3 is 2.84 bits per heavy atom. The lowest BCUT2D eigenvalue weighted by molar-refractivity contribution is -0.136. The molecule has 1 aromatic rings. The Bertz CT molecular complexity index is 473. The number of aliphatic hydroxyl groups excluding tert-OH is 1. The fraction of sp³-hybridized carbons (Fsp3) is 0.533. The van der Waals surface area contributed by atoms with E-state index in [9.17, 15) is 14.3 Å². The maximum Gasteiger partial charge on any atom is 0.223 e. The van der Waals surface area contributed by atoms with Crippen LogP contribution in [0.5, 0.6) is 0 Å². The summed E-state index contributed by atoms with van der Waals surface area (Å²) in [6, 6.07) is 6.32. The van der Waals surface area contributed by atoms with Gasteiger partial charge in [0.1, 0.15) is 5.82 Å². The predicted molar refractivity (Wildman–Crippen MR) is 71.1 cm³/mol. The van der Waals surface area contributed by atoms with E-state index in [-0.39, 0.29) is 11.7 Å². The number of rotatable bonds is 3. The molecule has 1 aliphatic heterocycles. The molecule has 0 radical (unpaired) electrons. The molecule has 0 aromatic heterocycles. The number of carbonyl (C=O) groups excluding carboxylic acids is 1. The fourth-order valence-corrected chi connectivity index (χ4v) is 2.60. The van der Waals surface area contributed by atoms with Crippen LogP contribution in [-0.4, -0.2) is 34.1 Å². The van der Waals surface area contributed by atoms with Gasteiger partial charge in [0.15, 0.2) is 0 Å². The topological polar surface area (TPSA) is 40.5 Å². The monoisotopic (exact) mass is 265 g/mol. The number of likely N-dealkylation sites (tertiary alicyclic amines) is 1. The molecule has 19 heavy (non-hydrogen) atoms. The third kappa shape index (κ3) is 2.95. The van der Waals surface area contributed by atoms with Crippen molar-refractivity contribution in [1.29, 1.82) is 0 Å². The SMILES string of the molecule is CC1(C)C(O)CCN1C(=O)CCc1cccc(F)c1. The number of aliphatic hydroxyl groups is 1. The molecule has 1 unspecified atom stereocenters. The van der Waals surface area contributed by atoms with Crippen LogP contribution in [0.25, 0.3) is 0 Å². The van der Waals surface area contributed by atoms with Gasteiger partial charge in [-0.25, -0.2) is 4.39 Å². The minimum Gasteiger partial charge on any atom is -0.391 e. The van der Waals surface area contributed by atoms with Crippen LogP contribution in [0.15, 0.2) is 24.3 Å². The first kappa shape index (κ1) is 14.0. The van der Waals surface area contributed by atoms with Gasteiger partial charge in [0.2, 0.25) is 5.91 Å². The molecule has 1 saturated heterocycles. The molecule has 0 aliphatic carbocycles. The van der Waals surface area contributed by atoms with Crippen LogP contribution >= 0.6 is 0 Å². The number of halogens is 1. The van der Waals surface area contributed by atoms with E-state index in [1.807, 2.05) is 19.9 Å². The highest BCUT2D eigenvalue weighted by molar-refractivity contribution is 5.77. The number of hydrogen-bond acceptors (Lipinski definition) is 2. The van der Waals surface area contributed by atoms with Crippen molar-refractivity contribution in [1.82, 2.24) is 4.90 Å². The highest BCUT2D eigenvalue weighted by Gasteiger charge is 2.42. The lowest BCUT2D eigenvalue weighted by atomic mass is 9.98. The molecule has 1 aromatic carbocycles. The molecule has 104 valence electrons. The summed E-state index contributed by atoms with van der Waals surface area (Å²) in [4.78, 5) is 13.9. The van der Waals surface area contributed by atoms with Crippen LogP contribution in [-0.2, 0) is 11.2 Å². The highest BCUT2D eigenvalue weighted by atomic mass is 19.1. The maximum atomic E-state index is 13.0. The zero-order valence-corrected chi connectivity index (χ0v) is 11.4. The van der Waals surface area contributed by atoms with Gasteiger partial charge in [-0.2, -0.15) is 0 Å². The molecule has 1 atom stereocenters. The van der Waals surface area contributed by atoms with E-state index in [4.69, 9.17) is 0 Å². The van der Waals surface area contributed by atoms with Gasteiger partial charge >= 0.3 is 0 Å². The molecule has 4 heteroatoms. The lowest BCUT2D eigenvalue weighted by Gasteiger charge is -2.33. The normalized spacial score (nSPS) is 21.7. The van der Waals surface area contributed by atoms with Gasteiger partial charge in [0, 0.05) is 13.0 Å². The van der Waals surface area contributed by atoms with Crippen molar-refractivity contribution in [3.63, 3.8) is 0 Å². The van der Waals surface area contributed by atoms with Crippen LogP contribution in [0, 0.1) is 5.82 Å². The standard InChI is InChI=1S/C15H20FNO2/c1-15(2)13(18)8-9-17(15)14(19)7-6-11-4-3-5-12(16)10-11/h3-5,10,13,18H,6-9H2,1-2H3. The molecule has 3 nitrogen and oxygen atoms in total. The molecule has 2 rings (SSSR count). The smallest absolute Gasteiger partial charge is 0.223 e. The van der Waals surface area contributed by atoms with E-state index in [1.165, 1.54) is 12.1 Å². The van der Waals surface area contributed by atoms with Crippen LogP contribution in [0.2, 0.25) is 0 Å². The van der Waals surface area contributed by atoms with Crippen LogP contribution in [0.3, 0.4) is 0 Å². The maximum absolute atomic E-state index is 13.0. The van der Waals surface area contributed by atoms with Crippen LogP contribution in [0.4, 0.5) is 4.39 Å². The first-order valence-corrected chi connectivity index (χ1v) is 6.64. The van der Waals surface area contributed by atoms with Gasteiger partial charge in [-0.15, -0.1) is 0 Å². The second-order valence-electron chi connectivity index (χ2n) is 5.63. The Balaban J connectivity index is 1.95. The molecular weight excluding hydrogens is 245 g/mol. The Labute approximate surface area is 113 Å². The zero-order valence-electron chi connectivity index (χ0n) is 11.4. The minimum absolute atomic E-state index is 0.0193. The van der Waals surface area contributed by atoms with Crippen molar-refractivity contribution in [2.24, 2.45) is 0 Å². The number of amides is 1. The van der Waals surface area contributed by atoms with E-state index in [2.05, 4.69) is 0 Å². The number of benzene rings is 1. The summed E-state index contributed by atoms with van der Waals surface area (Å²) in [5.41, 5.74) is 0.324. The Hall–Kier alpha value is -1.42. The Morgan fingerprint density at radius 2 is 2.26 bits per heavy atom. The van der Waals surface area contributed by atoms with Crippen LogP contribution in [0.1, 0.15) is 32.3 Å². The van der Waals surface area contributed by atoms with E-state index in [1.54, 1.807) is 11.0 Å². The third-order valence-corrected chi connectivity index (χ3v) is 3.95. The van der Waals surface area contributed by atoms with E-state index < -0.39 is 11.6 Å².